The van der Waals surface area contributed by atoms with Gasteiger partial charge in [-0.2, -0.15) is 4.31 Å². The lowest BCUT2D eigenvalue weighted by molar-refractivity contribution is -0.116. The third kappa shape index (κ3) is 4.40. The molecule has 2 atom stereocenters. The van der Waals surface area contributed by atoms with Crippen molar-refractivity contribution in [1.29, 1.82) is 0 Å². The van der Waals surface area contributed by atoms with E-state index in [9.17, 15) is 13.2 Å². The van der Waals surface area contributed by atoms with E-state index in [2.05, 4.69) is 43.0 Å². The second kappa shape index (κ2) is 8.73. The molecule has 0 aliphatic carbocycles. The van der Waals surface area contributed by atoms with Crippen LogP contribution in [0.3, 0.4) is 0 Å². The molecule has 1 fully saturated rings. The number of piperazine rings is 1. The summed E-state index contributed by atoms with van der Waals surface area (Å²) in [4.78, 5) is 16.2. The molecule has 0 saturated carbocycles. The number of hydrogen-bond acceptors (Lipinski definition) is 4. The number of amides is 1. The summed E-state index contributed by atoms with van der Waals surface area (Å²) < 4.78 is 28.4. The average molecular weight is 442 g/mol. The van der Waals surface area contributed by atoms with Crippen LogP contribution in [0.4, 0.5) is 5.69 Å². The molecule has 2 aliphatic rings. The second-order valence-corrected chi connectivity index (χ2v) is 10.6. The lowest BCUT2D eigenvalue weighted by Gasteiger charge is -2.43. The summed E-state index contributed by atoms with van der Waals surface area (Å²) >= 11 is 0. The summed E-state index contributed by atoms with van der Waals surface area (Å²) in [6.45, 7) is 8.26. The van der Waals surface area contributed by atoms with Crippen LogP contribution in [0, 0.1) is 0 Å². The largest absolute Gasteiger partial charge is 0.312 e. The van der Waals surface area contributed by atoms with E-state index in [0.29, 0.717) is 31.0 Å². The van der Waals surface area contributed by atoms with Gasteiger partial charge in [0.2, 0.25) is 15.9 Å². The minimum atomic E-state index is -3.57. The van der Waals surface area contributed by atoms with E-state index in [4.69, 9.17) is 0 Å². The fraction of sp³-hybridized carbons (Fsp3) is 0.458. The maximum absolute atomic E-state index is 13.4. The van der Waals surface area contributed by atoms with Gasteiger partial charge in [-0.1, -0.05) is 30.3 Å². The summed E-state index contributed by atoms with van der Waals surface area (Å²) in [5.41, 5.74) is 3.06. The quantitative estimate of drug-likeness (QED) is 0.716. The van der Waals surface area contributed by atoms with Crippen molar-refractivity contribution in [3.8, 4) is 0 Å². The monoisotopic (exact) mass is 441 g/mol. The molecule has 2 aromatic carbocycles. The van der Waals surface area contributed by atoms with Gasteiger partial charge in [0, 0.05) is 50.9 Å². The molecule has 1 amide bonds. The number of sulfonamides is 1. The first-order valence-electron chi connectivity index (χ1n) is 11.0. The first-order chi connectivity index (χ1) is 14.8. The average Bonchev–Trinajstić information content (AvgIpc) is 3.17. The number of nitrogens with zero attached hydrogens (tertiary/aromatic N) is 3. The maximum atomic E-state index is 13.4. The summed E-state index contributed by atoms with van der Waals surface area (Å²) in [5, 5.41) is 0. The molecule has 7 heteroatoms. The molecule has 0 radical (unpaired) electrons. The number of benzene rings is 2. The minimum Gasteiger partial charge on any atom is -0.312 e. The molecular formula is C24H31N3O3S. The lowest BCUT2D eigenvalue weighted by Crippen LogP contribution is -2.58. The molecule has 2 heterocycles. The Balaban J connectivity index is 1.47. The van der Waals surface area contributed by atoms with Crippen molar-refractivity contribution >= 4 is 21.6 Å². The molecule has 31 heavy (non-hydrogen) atoms. The molecule has 166 valence electrons. The SMILES string of the molecule is CC(=O)N1CCc2cc(S(=O)(=O)N3CC(C)N(CCc4ccccc4)C(C)C3)ccc21. The van der Waals surface area contributed by atoms with Gasteiger partial charge in [0.25, 0.3) is 0 Å². The van der Waals surface area contributed by atoms with E-state index in [-0.39, 0.29) is 18.0 Å². The van der Waals surface area contributed by atoms with Crippen molar-refractivity contribution in [3.05, 3.63) is 59.7 Å². The van der Waals surface area contributed by atoms with Gasteiger partial charge >= 0.3 is 0 Å². The molecule has 0 spiro atoms. The predicted octanol–water partition coefficient (Wildman–Crippen LogP) is 2.92. The molecule has 4 rings (SSSR count). The van der Waals surface area contributed by atoms with Crippen molar-refractivity contribution < 1.29 is 13.2 Å². The van der Waals surface area contributed by atoms with Gasteiger partial charge in [-0.05, 0) is 56.0 Å². The van der Waals surface area contributed by atoms with Crippen LogP contribution in [0.25, 0.3) is 0 Å². The van der Waals surface area contributed by atoms with E-state index in [1.54, 1.807) is 34.3 Å². The molecule has 2 aliphatic heterocycles. The number of hydrogen-bond donors (Lipinski definition) is 0. The highest BCUT2D eigenvalue weighted by Gasteiger charge is 2.36. The number of anilines is 1. The molecule has 6 nitrogen and oxygen atoms in total. The van der Waals surface area contributed by atoms with Crippen LogP contribution >= 0.6 is 0 Å². The summed E-state index contributed by atoms with van der Waals surface area (Å²) in [7, 11) is -3.57. The standard InChI is InChI=1S/C24H31N3O3S/c1-18-16-25(17-19(2)26(18)13-11-21-7-5-4-6-8-21)31(29,30)23-9-10-24-22(15-23)12-14-27(24)20(3)28/h4-10,15,18-19H,11-14,16-17H2,1-3H3. The number of rotatable bonds is 5. The molecular weight excluding hydrogens is 410 g/mol. The molecule has 0 N–H and O–H groups in total. The van der Waals surface area contributed by atoms with Crippen molar-refractivity contribution in [3.63, 3.8) is 0 Å². The van der Waals surface area contributed by atoms with E-state index in [0.717, 1.165) is 24.2 Å². The molecule has 2 unspecified atom stereocenters. The molecule has 2 aromatic rings. The fourth-order valence-corrected chi connectivity index (χ4v) is 6.52. The van der Waals surface area contributed by atoms with Crippen molar-refractivity contribution in [1.82, 2.24) is 9.21 Å². The lowest BCUT2D eigenvalue weighted by atomic mass is 10.1. The molecule has 1 saturated heterocycles. The summed E-state index contributed by atoms with van der Waals surface area (Å²) in [5.74, 6) is -0.0105. The predicted molar refractivity (Wildman–Crippen MR) is 123 cm³/mol. The Labute approximate surface area is 185 Å². The number of carbonyl (C=O) groups is 1. The van der Waals surface area contributed by atoms with Gasteiger partial charge in [0.1, 0.15) is 0 Å². The van der Waals surface area contributed by atoms with Crippen LogP contribution in [-0.2, 0) is 27.7 Å². The molecule has 0 aromatic heterocycles. The first kappa shape index (κ1) is 22.0. The van der Waals surface area contributed by atoms with Gasteiger partial charge < -0.3 is 4.90 Å². The Morgan fingerprint density at radius 1 is 1.03 bits per heavy atom. The second-order valence-electron chi connectivity index (χ2n) is 8.70. The Kier molecular flexibility index (Phi) is 6.19. The minimum absolute atomic E-state index is 0.0105. The van der Waals surface area contributed by atoms with E-state index < -0.39 is 10.0 Å². The van der Waals surface area contributed by atoms with E-state index in [1.165, 1.54) is 5.56 Å². The zero-order valence-corrected chi connectivity index (χ0v) is 19.3. The van der Waals surface area contributed by atoms with Gasteiger partial charge in [-0.25, -0.2) is 8.42 Å². The van der Waals surface area contributed by atoms with Gasteiger partial charge in [0.15, 0.2) is 0 Å². The van der Waals surface area contributed by atoms with Crippen molar-refractivity contribution in [2.24, 2.45) is 0 Å². The van der Waals surface area contributed by atoms with E-state index in [1.807, 2.05) is 6.07 Å². The number of fused-ring (bicyclic) bond motifs is 1. The van der Waals surface area contributed by atoms with Crippen molar-refractivity contribution in [2.45, 2.75) is 50.6 Å². The Bertz CT molecular complexity index is 1040. The third-order valence-corrected chi connectivity index (χ3v) is 8.36. The Hall–Kier alpha value is -2.22. The van der Waals surface area contributed by atoms with Crippen LogP contribution in [0.1, 0.15) is 31.9 Å². The Morgan fingerprint density at radius 3 is 2.35 bits per heavy atom. The number of carbonyl (C=O) groups excluding carboxylic acids is 1. The van der Waals surface area contributed by atoms with Gasteiger partial charge in [-0.3, -0.25) is 9.69 Å². The smallest absolute Gasteiger partial charge is 0.243 e. The van der Waals surface area contributed by atoms with Gasteiger partial charge in [0.05, 0.1) is 4.90 Å². The topological polar surface area (TPSA) is 60.9 Å². The zero-order chi connectivity index (χ0) is 22.2. The van der Waals surface area contributed by atoms with Crippen molar-refractivity contribution in [2.75, 3.05) is 31.1 Å². The van der Waals surface area contributed by atoms with Gasteiger partial charge in [-0.15, -0.1) is 0 Å². The summed E-state index contributed by atoms with van der Waals surface area (Å²) in [6.07, 6.45) is 1.65. The fourth-order valence-electron chi connectivity index (χ4n) is 4.86. The molecule has 0 bridgehead atoms. The maximum Gasteiger partial charge on any atom is 0.243 e. The van der Waals surface area contributed by atoms with E-state index >= 15 is 0 Å². The highest BCUT2D eigenvalue weighted by atomic mass is 32.2. The Morgan fingerprint density at radius 2 is 1.71 bits per heavy atom. The highest BCUT2D eigenvalue weighted by Crippen LogP contribution is 2.32. The first-order valence-corrected chi connectivity index (χ1v) is 12.4. The van der Waals surface area contributed by atoms with Crippen LogP contribution < -0.4 is 4.90 Å². The highest BCUT2D eigenvalue weighted by molar-refractivity contribution is 7.89. The summed E-state index contributed by atoms with van der Waals surface area (Å²) in [6, 6.07) is 15.9. The van der Waals surface area contributed by atoms with Crippen LogP contribution in [0.5, 0.6) is 0 Å². The van der Waals surface area contributed by atoms with Crippen LogP contribution in [-0.4, -0.2) is 61.8 Å². The third-order valence-electron chi connectivity index (χ3n) is 6.53. The van der Waals surface area contributed by atoms with Crippen LogP contribution in [0.2, 0.25) is 0 Å². The zero-order valence-electron chi connectivity index (χ0n) is 18.5. The van der Waals surface area contributed by atoms with Crippen LogP contribution in [0.15, 0.2) is 53.4 Å². The normalized spacial score (nSPS) is 22.5.